The third-order valence-electron chi connectivity index (χ3n) is 1.64. The van der Waals surface area contributed by atoms with Gasteiger partial charge in [-0.15, -0.1) is 0 Å². The third kappa shape index (κ3) is 1.81. The zero-order valence-electron chi connectivity index (χ0n) is 7.08. The molecule has 0 N–H and O–H groups in total. The number of carbonyl (C=O) groups excluding carboxylic acids is 1. The molecule has 0 aliphatic heterocycles. The first-order valence-electron chi connectivity index (χ1n) is 3.60. The van der Waals surface area contributed by atoms with Crippen molar-refractivity contribution < 1.29 is 22.4 Å². The van der Waals surface area contributed by atoms with Crippen molar-refractivity contribution in [1.82, 2.24) is 0 Å². The van der Waals surface area contributed by atoms with E-state index >= 15 is 0 Å². The first-order valence-corrected chi connectivity index (χ1v) is 4.39. The smallest absolute Gasteiger partial charge is 0.191 e. The molecule has 0 saturated heterocycles. The normalized spacial score (nSPS) is 10.2. The van der Waals surface area contributed by atoms with Crippen molar-refractivity contribution in [2.75, 3.05) is 0 Å². The lowest BCUT2D eigenvalue weighted by atomic mass is 10.1. The van der Waals surface area contributed by atoms with E-state index in [-0.39, 0.29) is 0 Å². The lowest BCUT2D eigenvalue weighted by Gasteiger charge is -2.05. The van der Waals surface area contributed by atoms with Gasteiger partial charge in [0.25, 0.3) is 0 Å². The van der Waals surface area contributed by atoms with Crippen molar-refractivity contribution in [3.8, 4) is 0 Å². The molecule has 15 heavy (non-hydrogen) atoms. The van der Waals surface area contributed by atoms with E-state index in [1.165, 1.54) is 0 Å². The molecule has 1 aromatic carbocycles. The molecule has 6 heteroatoms. The first kappa shape index (κ1) is 11.9. The summed E-state index contributed by atoms with van der Waals surface area (Å²) in [5, 5.41) is 0. The molecule has 0 aliphatic carbocycles. The van der Waals surface area contributed by atoms with Gasteiger partial charge in [0.2, 0.25) is 0 Å². The number of hydrogen-bond donors (Lipinski definition) is 0. The second-order valence-corrected chi connectivity index (χ2v) is 3.31. The van der Waals surface area contributed by atoms with Gasteiger partial charge in [0.05, 0.1) is 10.0 Å². The van der Waals surface area contributed by atoms with Gasteiger partial charge in [0.15, 0.2) is 29.1 Å². The molecular weight excluding hydrogens is 280 g/mol. The SMILES string of the molecule is C=CC(=O)c1c(F)c(F)c(Br)c(F)c1F. The van der Waals surface area contributed by atoms with E-state index in [0.29, 0.717) is 6.08 Å². The fourth-order valence-corrected chi connectivity index (χ4v) is 1.27. The first-order chi connectivity index (χ1) is 6.91. The minimum atomic E-state index is -1.74. The third-order valence-corrected chi connectivity index (χ3v) is 2.34. The Balaban J connectivity index is 3.67. The average molecular weight is 283 g/mol. The molecule has 0 amide bonds. The quantitative estimate of drug-likeness (QED) is 0.267. The van der Waals surface area contributed by atoms with Crippen molar-refractivity contribution >= 4 is 21.7 Å². The highest BCUT2D eigenvalue weighted by molar-refractivity contribution is 9.10. The van der Waals surface area contributed by atoms with Gasteiger partial charge in [-0.2, -0.15) is 0 Å². The summed E-state index contributed by atoms with van der Waals surface area (Å²) in [6.45, 7) is 2.96. The van der Waals surface area contributed by atoms with E-state index in [1.807, 2.05) is 0 Å². The summed E-state index contributed by atoms with van der Waals surface area (Å²) in [5.74, 6) is -8.02. The van der Waals surface area contributed by atoms with Gasteiger partial charge in [0, 0.05) is 0 Å². The highest BCUT2D eigenvalue weighted by Gasteiger charge is 2.26. The van der Waals surface area contributed by atoms with Crippen LogP contribution in [-0.4, -0.2) is 5.78 Å². The van der Waals surface area contributed by atoms with Crippen molar-refractivity contribution in [2.45, 2.75) is 0 Å². The van der Waals surface area contributed by atoms with Crippen LogP contribution < -0.4 is 0 Å². The van der Waals surface area contributed by atoms with Crippen molar-refractivity contribution in [3.05, 3.63) is 46.0 Å². The zero-order chi connectivity index (χ0) is 11.7. The van der Waals surface area contributed by atoms with E-state index in [9.17, 15) is 22.4 Å². The average Bonchev–Trinajstić information content (AvgIpc) is 2.23. The minimum Gasteiger partial charge on any atom is -0.289 e. The second-order valence-electron chi connectivity index (χ2n) is 2.51. The van der Waals surface area contributed by atoms with Gasteiger partial charge in [-0.1, -0.05) is 6.58 Å². The zero-order valence-corrected chi connectivity index (χ0v) is 8.67. The number of carbonyl (C=O) groups is 1. The fraction of sp³-hybridized carbons (Fsp3) is 0. The lowest BCUT2D eigenvalue weighted by molar-refractivity contribution is 0.103. The van der Waals surface area contributed by atoms with E-state index in [1.54, 1.807) is 0 Å². The Morgan fingerprint density at radius 2 is 1.47 bits per heavy atom. The number of halogens is 5. The monoisotopic (exact) mass is 282 g/mol. The van der Waals surface area contributed by atoms with Gasteiger partial charge in [-0.05, 0) is 22.0 Å². The van der Waals surface area contributed by atoms with E-state index in [0.717, 1.165) is 0 Å². The topological polar surface area (TPSA) is 17.1 Å². The predicted octanol–water partition coefficient (Wildman–Crippen LogP) is 3.37. The molecule has 0 bridgehead atoms. The highest BCUT2D eigenvalue weighted by atomic mass is 79.9. The maximum atomic E-state index is 13.1. The predicted molar refractivity (Wildman–Crippen MR) is 48.5 cm³/mol. The van der Waals surface area contributed by atoms with Crippen LogP contribution in [0.1, 0.15) is 10.4 Å². The molecule has 80 valence electrons. The summed E-state index contributed by atoms with van der Waals surface area (Å²) in [4.78, 5) is 10.9. The van der Waals surface area contributed by atoms with Crippen molar-refractivity contribution in [2.24, 2.45) is 0 Å². The minimum absolute atomic E-state index is 0.564. The van der Waals surface area contributed by atoms with Crippen LogP contribution in [0.5, 0.6) is 0 Å². The Morgan fingerprint density at radius 1 is 1.07 bits per heavy atom. The molecule has 0 aliphatic rings. The van der Waals surface area contributed by atoms with Gasteiger partial charge in [0.1, 0.15) is 0 Å². The Kier molecular flexibility index (Phi) is 3.28. The Labute approximate surface area is 90.5 Å². The molecule has 1 nitrogen and oxygen atoms in total. The van der Waals surface area contributed by atoms with Crippen LogP contribution in [0.2, 0.25) is 0 Å². The standard InChI is InChI=1S/C9H3BrF4O/c1-2-3(15)4-6(11)8(13)5(10)9(14)7(4)12/h2H,1H2. The maximum Gasteiger partial charge on any atom is 0.191 e. The summed E-state index contributed by atoms with van der Waals surface area (Å²) in [6.07, 6.45) is 0.564. The van der Waals surface area contributed by atoms with Crippen LogP contribution in [0.3, 0.4) is 0 Å². The molecule has 1 aromatic rings. The Morgan fingerprint density at radius 3 is 1.80 bits per heavy atom. The lowest BCUT2D eigenvalue weighted by Crippen LogP contribution is -2.09. The molecule has 0 unspecified atom stereocenters. The van der Waals surface area contributed by atoms with Crippen LogP contribution in [0, 0.1) is 23.3 Å². The van der Waals surface area contributed by atoms with Crippen LogP contribution >= 0.6 is 15.9 Å². The van der Waals surface area contributed by atoms with Crippen LogP contribution in [0.4, 0.5) is 17.6 Å². The van der Waals surface area contributed by atoms with Gasteiger partial charge in [-0.25, -0.2) is 17.6 Å². The molecule has 0 saturated carbocycles. The molecule has 1 rings (SSSR count). The highest BCUT2D eigenvalue weighted by Crippen LogP contribution is 2.28. The van der Waals surface area contributed by atoms with Crippen LogP contribution in [0.25, 0.3) is 0 Å². The van der Waals surface area contributed by atoms with Gasteiger partial charge in [-0.3, -0.25) is 4.79 Å². The summed E-state index contributed by atoms with van der Waals surface area (Å²) >= 11 is 2.32. The molecule has 0 spiro atoms. The second kappa shape index (κ2) is 4.14. The Bertz CT molecular complexity index is 427. The van der Waals surface area contributed by atoms with Crippen molar-refractivity contribution in [1.29, 1.82) is 0 Å². The van der Waals surface area contributed by atoms with E-state index in [4.69, 9.17) is 0 Å². The number of ketones is 1. The molecule has 0 radical (unpaired) electrons. The number of rotatable bonds is 2. The number of allylic oxidation sites excluding steroid dienone is 1. The number of benzene rings is 1. The summed E-state index contributed by atoms with van der Waals surface area (Å²) in [6, 6.07) is 0. The van der Waals surface area contributed by atoms with Crippen LogP contribution in [-0.2, 0) is 0 Å². The van der Waals surface area contributed by atoms with E-state index < -0.39 is 39.1 Å². The molecular formula is C9H3BrF4O. The largest absolute Gasteiger partial charge is 0.289 e. The fourth-order valence-electron chi connectivity index (χ4n) is 0.923. The van der Waals surface area contributed by atoms with Crippen LogP contribution in [0.15, 0.2) is 17.1 Å². The molecule has 0 fully saturated rings. The van der Waals surface area contributed by atoms with Crippen molar-refractivity contribution in [3.63, 3.8) is 0 Å². The molecule has 0 heterocycles. The van der Waals surface area contributed by atoms with Gasteiger partial charge >= 0.3 is 0 Å². The van der Waals surface area contributed by atoms with E-state index in [2.05, 4.69) is 22.5 Å². The summed E-state index contributed by atoms with van der Waals surface area (Å²) in [7, 11) is 0. The summed E-state index contributed by atoms with van der Waals surface area (Å²) < 4.78 is 51.0. The Hall–Kier alpha value is -1.17. The summed E-state index contributed by atoms with van der Waals surface area (Å²) in [5.41, 5.74) is -1.29. The van der Waals surface area contributed by atoms with Gasteiger partial charge < -0.3 is 0 Å². The molecule has 0 atom stereocenters. The molecule has 0 aromatic heterocycles. The number of hydrogen-bond acceptors (Lipinski definition) is 1. The maximum absolute atomic E-state index is 13.1.